The van der Waals surface area contributed by atoms with Crippen LogP contribution in [0.15, 0.2) is 0 Å². The minimum Gasteiger partial charge on any atom is -0.400 e. The Morgan fingerprint density at radius 2 is 1.34 bits per heavy atom. The van der Waals surface area contributed by atoms with Gasteiger partial charge in [0.15, 0.2) is 0 Å². The van der Waals surface area contributed by atoms with Gasteiger partial charge in [-0.25, -0.2) is 0 Å². The highest BCUT2D eigenvalue weighted by Gasteiger charge is 2.29. The molecule has 0 aliphatic carbocycles. The van der Waals surface area contributed by atoms with Gasteiger partial charge in [0.1, 0.15) is 6.61 Å². The number of nitrogens with one attached hydrogen (secondary N) is 2. The predicted molar refractivity (Wildman–Crippen MR) is 122 cm³/mol. The maximum absolute atomic E-state index is 13.0. The van der Waals surface area contributed by atoms with Gasteiger partial charge in [-0.1, -0.05) is 6.92 Å². The van der Waals surface area contributed by atoms with Gasteiger partial charge in [-0.05, 0) is 50.8 Å². The quantitative estimate of drug-likeness (QED) is 0.297. The average Bonchev–Trinajstić information content (AvgIpc) is 2.75. The van der Waals surface area contributed by atoms with Crippen LogP contribution in [0.4, 0.5) is 5.69 Å². The SMILES string of the molecule is CCc1c(C(=O)NCC(C)O)c(C)c(C(=O)NCC(C)O)c(C)c1N(C)C(=O)CO.CO. The molecule has 1 rings (SSSR count). The molecule has 182 valence electrons. The van der Waals surface area contributed by atoms with E-state index in [1.165, 1.54) is 25.8 Å². The summed E-state index contributed by atoms with van der Waals surface area (Å²) in [5, 5.41) is 40.6. The van der Waals surface area contributed by atoms with Crippen molar-refractivity contribution in [2.24, 2.45) is 0 Å². The highest BCUT2D eigenvalue weighted by Crippen LogP contribution is 2.34. The van der Waals surface area contributed by atoms with Gasteiger partial charge in [-0.15, -0.1) is 0 Å². The Kier molecular flexibility index (Phi) is 12.7. The average molecular weight is 456 g/mol. The zero-order chi connectivity index (χ0) is 25.2. The first kappa shape index (κ1) is 29.5. The Hall–Kier alpha value is -2.53. The third-order valence-electron chi connectivity index (χ3n) is 4.84. The Balaban J connectivity index is 0.00000466. The molecule has 10 nitrogen and oxygen atoms in total. The lowest BCUT2D eigenvalue weighted by Gasteiger charge is -2.28. The summed E-state index contributed by atoms with van der Waals surface area (Å²) in [6, 6.07) is 0. The predicted octanol–water partition coefficient (Wildman–Crippen LogP) is -0.349. The molecule has 0 bridgehead atoms. The van der Waals surface area contributed by atoms with Gasteiger partial charge in [0, 0.05) is 38.4 Å². The second-order valence-electron chi connectivity index (χ2n) is 7.41. The number of likely N-dealkylation sites (N-methyl/N-ethyl adjacent to an activating group) is 1. The smallest absolute Gasteiger partial charge is 0.252 e. The van der Waals surface area contributed by atoms with Crippen molar-refractivity contribution in [2.75, 3.05) is 38.8 Å². The highest BCUT2D eigenvalue weighted by molar-refractivity contribution is 6.08. The van der Waals surface area contributed by atoms with E-state index in [9.17, 15) is 29.7 Å². The number of hydrogen-bond acceptors (Lipinski definition) is 7. The van der Waals surface area contributed by atoms with Gasteiger partial charge in [-0.3, -0.25) is 14.4 Å². The molecule has 3 amide bonds. The van der Waals surface area contributed by atoms with Gasteiger partial charge >= 0.3 is 0 Å². The topological polar surface area (TPSA) is 159 Å². The molecule has 10 heteroatoms. The summed E-state index contributed by atoms with van der Waals surface area (Å²) in [7, 11) is 2.48. The highest BCUT2D eigenvalue weighted by atomic mass is 16.3. The van der Waals surface area contributed by atoms with Crippen LogP contribution < -0.4 is 15.5 Å². The molecule has 0 aliphatic heterocycles. The molecule has 0 fully saturated rings. The molecular weight excluding hydrogens is 418 g/mol. The Morgan fingerprint density at radius 1 is 0.906 bits per heavy atom. The van der Waals surface area contributed by atoms with Crippen molar-refractivity contribution in [3.05, 3.63) is 27.8 Å². The Labute approximate surface area is 189 Å². The summed E-state index contributed by atoms with van der Waals surface area (Å²) in [6.07, 6.45) is -1.11. The second kappa shape index (κ2) is 13.8. The zero-order valence-electron chi connectivity index (χ0n) is 19.9. The number of carbonyl (C=O) groups is 3. The number of nitrogens with zero attached hydrogens (tertiary/aromatic N) is 1. The molecule has 0 saturated carbocycles. The lowest BCUT2D eigenvalue weighted by molar-refractivity contribution is -0.121. The van der Waals surface area contributed by atoms with Crippen molar-refractivity contribution >= 4 is 23.4 Å². The first-order chi connectivity index (χ1) is 15.0. The Morgan fingerprint density at radius 3 is 1.72 bits per heavy atom. The minimum atomic E-state index is -0.753. The number of carbonyl (C=O) groups excluding carboxylic acids is 3. The summed E-state index contributed by atoms with van der Waals surface area (Å²) >= 11 is 0. The maximum Gasteiger partial charge on any atom is 0.252 e. The summed E-state index contributed by atoms with van der Waals surface area (Å²) < 4.78 is 0. The van der Waals surface area contributed by atoms with Crippen molar-refractivity contribution in [1.29, 1.82) is 0 Å². The van der Waals surface area contributed by atoms with E-state index in [1.807, 2.05) is 6.92 Å². The van der Waals surface area contributed by atoms with Crippen molar-refractivity contribution < 1.29 is 34.8 Å². The molecular formula is C22H37N3O7. The van der Waals surface area contributed by atoms with Crippen LogP contribution in [0.2, 0.25) is 0 Å². The van der Waals surface area contributed by atoms with Gasteiger partial charge in [0.05, 0.1) is 17.9 Å². The summed E-state index contributed by atoms with van der Waals surface area (Å²) in [4.78, 5) is 39.3. The van der Waals surface area contributed by atoms with Crippen LogP contribution in [0.1, 0.15) is 58.2 Å². The van der Waals surface area contributed by atoms with E-state index < -0.39 is 36.5 Å². The molecule has 0 heterocycles. The monoisotopic (exact) mass is 455 g/mol. The molecule has 1 aromatic carbocycles. The number of amides is 3. The van der Waals surface area contributed by atoms with Crippen molar-refractivity contribution in [1.82, 2.24) is 10.6 Å². The lowest BCUT2D eigenvalue weighted by atomic mass is 9.87. The first-order valence-corrected chi connectivity index (χ1v) is 10.4. The molecule has 1 aromatic rings. The molecule has 6 N–H and O–H groups in total. The lowest BCUT2D eigenvalue weighted by Crippen LogP contribution is -2.37. The second-order valence-corrected chi connectivity index (χ2v) is 7.41. The Bertz CT molecular complexity index is 807. The molecule has 2 atom stereocenters. The number of aliphatic hydroxyl groups excluding tert-OH is 4. The molecule has 0 saturated heterocycles. The standard InChI is InChI=1S/C21H33N3O6.CH4O/c1-7-15-18(21(30)23-9-12(3)27)13(4)17(20(29)22-8-11(2)26)14(5)19(15)24(6)16(28)10-25;1-2/h11-12,25-27H,7-10H2,1-6H3,(H,22,29)(H,23,30);2H,1H3. The van der Waals surface area contributed by atoms with Crippen LogP contribution in [0.5, 0.6) is 0 Å². The van der Waals surface area contributed by atoms with Crippen molar-refractivity contribution in [3.63, 3.8) is 0 Å². The van der Waals surface area contributed by atoms with Crippen LogP contribution in [0.25, 0.3) is 0 Å². The van der Waals surface area contributed by atoms with E-state index in [4.69, 9.17) is 5.11 Å². The van der Waals surface area contributed by atoms with Crippen LogP contribution in [0, 0.1) is 13.8 Å². The number of anilines is 1. The van der Waals surface area contributed by atoms with Crippen LogP contribution >= 0.6 is 0 Å². The molecule has 0 aliphatic rings. The van der Waals surface area contributed by atoms with E-state index in [1.54, 1.807) is 13.8 Å². The number of hydrogen-bond donors (Lipinski definition) is 6. The van der Waals surface area contributed by atoms with E-state index in [2.05, 4.69) is 10.6 Å². The van der Waals surface area contributed by atoms with Crippen LogP contribution in [0.3, 0.4) is 0 Å². The van der Waals surface area contributed by atoms with Crippen molar-refractivity contribution in [3.8, 4) is 0 Å². The molecule has 2 unspecified atom stereocenters. The molecule has 0 aromatic heterocycles. The number of benzene rings is 1. The van der Waals surface area contributed by atoms with E-state index in [-0.39, 0.29) is 24.2 Å². The third-order valence-corrected chi connectivity index (χ3v) is 4.84. The first-order valence-electron chi connectivity index (χ1n) is 10.4. The third kappa shape index (κ3) is 7.27. The fourth-order valence-electron chi connectivity index (χ4n) is 3.43. The van der Waals surface area contributed by atoms with E-state index in [0.29, 0.717) is 28.8 Å². The fourth-order valence-corrected chi connectivity index (χ4v) is 3.43. The summed E-state index contributed by atoms with van der Waals surface area (Å²) in [6.45, 7) is 7.56. The van der Waals surface area contributed by atoms with Gasteiger partial charge in [-0.2, -0.15) is 0 Å². The van der Waals surface area contributed by atoms with E-state index >= 15 is 0 Å². The van der Waals surface area contributed by atoms with Gasteiger partial charge < -0.3 is 36.0 Å². The van der Waals surface area contributed by atoms with Crippen LogP contribution in [-0.2, 0) is 11.2 Å². The van der Waals surface area contributed by atoms with Crippen LogP contribution in [-0.4, -0.2) is 84.2 Å². The van der Waals surface area contributed by atoms with Gasteiger partial charge in [0.2, 0.25) is 0 Å². The largest absolute Gasteiger partial charge is 0.400 e. The van der Waals surface area contributed by atoms with Gasteiger partial charge in [0.25, 0.3) is 17.7 Å². The van der Waals surface area contributed by atoms with Crippen molar-refractivity contribution in [2.45, 2.75) is 53.2 Å². The zero-order valence-corrected chi connectivity index (χ0v) is 19.9. The molecule has 0 radical (unpaired) electrons. The minimum absolute atomic E-state index is 0.0253. The van der Waals surface area contributed by atoms with E-state index in [0.717, 1.165) is 7.11 Å². The molecule has 32 heavy (non-hydrogen) atoms. The fraction of sp³-hybridized carbons (Fsp3) is 0.591. The summed E-state index contributed by atoms with van der Waals surface area (Å²) in [5.41, 5.74) is 2.34. The normalized spacial score (nSPS) is 12.2. The maximum atomic E-state index is 13.0. The molecule has 0 spiro atoms. The number of rotatable bonds is 9. The number of aliphatic hydroxyl groups is 4. The summed E-state index contributed by atoms with van der Waals surface area (Å²) in [5.74, 6) is -1.53.